The van der Waals surface area contributed by atoms with E-state index < -0.39 is 0 Å². The van der Waals surface area contributed by atoms with Gasteiger partial charge in [0, 0.05) is 16.7 Å². The van der Waals surface area contributed by atoms with E-state index in [0.717, 1.165) is 48.3 Å². The molecule has 120 valence electrons. The number of aliphatic hydroxyl groups is 1. The van der Waals surface area contributed by atoms with Crippen molar-refractivity contribution in [2.75, 3.05) is 5.75 Å². The predicted molar refractivity (Wildman–Crippen MR) is 84.4 cm³/mol. The molecule has 1 aliphatic heterocycles. The largest absolute Gasteiger partial charge is 0.393 e. The number of benzene rings is 1. The summed E-state index contributed by atoms with van der Waals surface area (Å²) in [5.41, 5.74) is 0.866. The number of carbonyl (C=O) groups excluding carboxylic acids is 1. The number of carbonyl (C=O) groups is 1. The second kappa shape index (κ2) is 6.87. The van der Waals surface area contributed by atoms with E-state index in [1.807, 2.05) is 0 Å². The summed E-state index contributed by atoms with van der Waals surface area (Å²) in [6.07, 6.45) is 3.66. The Balaban J connectivity index is 1.59. The number of aliphatic hydroxyl groups excluding tert-OH is 1. The Kier molecular flexibility index (Phi) is 4.88. The molecular weight excluding hydrogens is 303 g/mol. The van der Waals surface area contributed by atoms with Crippen LogP contribution in [0.1, 0.15) is 43.7 Å². The van der Waals surface area contributed by atoms with Crippen LogP contribution >= 0.6 is 11.8 Å². The first-order valence-electron chi connectivity index (χ1n) is 7.79. The Labute approximate surface area is 133 Å². The monoisotopic (exact) mass is 324 g/mol. The average Bonchev–Trinajstić information content (AvgIpc) is 2.50. The molecule has 1 aliphatic carbocycles. The molecular formula is C16H21FN2O2S. The molecule has 3 rings (SSSR count). The van der Waals surface area contributed by atoms with Crippen LogP contribution in [0.4, 0.5) is 9.18 Å². The molecule has 1 atom stereocenters. The topological polar surface area (TPSA) is 61.4 Å². The highest BCUT2D eigenvalue weighted by atomic mass is 32.2. The van der Waals surface area contributed by atoms with Gasteiger partial charge in [0.2, 0.25) is 0 Å². The molecule has 3 N–H and O–H groups in total. The molecule has 1 unspecified atom stereocenters. The third-order valence-corrected chi connectivity index (χ3v) is 5.47. The van der Waals surface area contributed by atoms with Crippen molar-refractivity contribution in [1.82, 2.24) is 10.6 Å². The van der Waals surface area contributed by atoms with E-state index in [1.54, 1.807) is 17.8 Å². The van der Waals surface area contributed by atoms with Crippen molar-refractivity contribution < 1.29 is 14.3 Å². The van der Waals surface area contributed by atoms with E-state index >= 15 is 0 Å². The van der Waals surface area contributed by atoms with Crippen LogP contribution in [0, 0.1) is 5.82 Å². The summed E-state index contributed by atoms with van der Waals surface area (Å²) in [6.45, 7) is 0. The van der Waals surface area contributed by atoms with E-state index in [0.29, 0.717) is 0 Å². The Bertz CT molecular complexity index is 547. The third-order valence-electron chi connectivity index (χ3n) is 4.35. The van der Waals surface area contributed by atoms with Gasteiger partial charge in [-0.25, -0.2) is 9.18 Å². The maximum Gasteiger partial charge on any atom is 0.315 e. The molecule has 1 aromatic rings. The summed E-state index contributed by atoms with van der Waals surface area (Å²) in [5.74, 6) is 0.647. The van der Waals surface area contributed by atoms with Crippen LogP contribution in [0.15, 0.2) is 23.1 Å². The van der Waals surface area contributed by atoms with Crippen LogP contribution in [-0.2, 0) is 0 Å². The van der Waals surface area contributed by atoms with Gasteiger partial charge in [0.05, 0.1) is 12.1 Å². The van der Waals surface area contributed by atoms with Gasteiger partial charge in [-0.2, -0.15) is 0 Å². The van der Waals surface area contributed by atoms with Crippen molar-refractivity contribution in [2.45, 2.75) is 55.2 Å². The zero-order valence-electron chi connectivity index (χ0n) is 12.3. The quantitative estimate of drug-likeness (QED) is 0.784. The van der Waals surface area contributed by atoms with Gasteiger partial charge in [-0.3, -0.25) is 0 Å². The van der Waals surface area contributed by atoms with Crippen molar-refractivity contribution >= 4 is 17.8 Å². The number of rotatable bonds is 2. The molecule has 1 aromatic carbocycles. The molecule has 2 aliphatic rings. The molecule has 1 heterocycles. The molecule has 22 heavy (non-hydrogen) atoms. The summed E-state index contributed by atoms with van der Waals surface area (Å²) in [4.78, 5) is 13.2. The molecule has 6 heteroatoms. The van der Waals surface area contributed by atoms with E-state index in [9.17, 15) is 14.3 Å². The molecule has 0 spiro atoms. The number of hydrogen-bond acceptors (Lipinski definition) is 3. The standard InChI is InChI=1S/C16H21FN2O2S/c17-10-1-6-15-13(9-10)14(7-8-22-15)19-16(21)18-11-2-4-12(20)5-3-11/h1,6,9,11-12,14,20H,2-5,7-8H2,(H2,18,19,21). The number of amides is 2. The minimum Gasteiger partial charge on any atom is -0.393 e. The fourth-order valence-corrected chi connectivity index (χ4v) is 4.23. The molecule has 0 bridgehead atoms. The molecule has 0 radical (unpaired) electrons. The summed E-state index contributed by atoms with van der Waals surface area (Å²) in [7, 11) is 0. The minimum absolute atomic E-state index is 0.119. The van der Waals surface area contributed by atoms with Crippen LogP contribution in [0.2, 0.25) is 0 Å². The van der Waals surface area contributed by atoms with Crippen molar-refractivity contribution in [3.63, 3.8) is 0 Å². The van der Waals surface area contributed by atoms with Gasteiger partial charge in [-0.1, -0.05) is 0 Å². The van der Waals surface area contributed by atoms with Crippen LogP contribution in [-0.4, -0.2) is 29.0 Å². The van der Waals surface area contributed by atoms with E-state index in [4.69, 9.17) is 0 Å². The summed E-state index contributed by atoms with van der Waals surface area (Å²) < 4.78 is 13.5. The minimum atomic E-state index is -0.269. The molecule has 1 fully saturated rings. The Morgan fingerprint density at radius 3 is 2.73 bits per heavy atom. The number of nitrogens with one attached hydrogen (secondary N) is 2. The van der Waals surface area contributed by atoms with Crippen LogP contribution < -0.4 is 10.6 Å². The predicted octanol–water partition coefficient (Wildman–Crippen LogP) is 2.97. The lowest BCUT2D eigenvalue weighted by Crippen LogP contribution is -2.45. The fourth-order valence-electron chi connectivity index (χ4n) is 3.12. The highest BCUT2D eigenvalue weighted by molar-refractivity contribution is 7.99. The summed E-state index contributed by atoms with van der Waals surface area (Å²) in [6, 6.07) is 4.54. The molecule has 0 saturated heterocycles. The second-order valence-corrected chi connectivity index (χ2v) is 7.13. The number of fused-ring (bicyclic) bond motifs is 1. The van der Waals surface area contributed by atoms with Gasteiger partial charge in [-0.15, -0.1) is 11.8 Å². The maximum absolute atomic E-state index is 13.5. The van der Waals surface area contributed by atoms with E-state index in [2.05, 4.69) is 10.6 Å². The summed E-state index contributed by atoms with van der Waals surface area (Å²) >= 11 is 1.70. The SMILES string of the molecule is O=C(NC1CCC(O)CC1)NC1CCSc2ccc(F)cc21. The fraction of sp³-hybridized carbons (Fsp3) is 0.562. The van der Waals surface area contributed by atoms with Crippen LogP contribution in [0.5, 0.6) is 0 Å². The van der Waals surface area contributed by atoms with Crippen molar-refractivity contribution in [3.05, 3.63) is 29.6 Å². The van der Waals surface area contributed by atoms with Crippen molar-refractivity contribution in [2.24, 2.45) is 0 Å². The van der Waals surface area contributed by atoms with Gasteiger partial charge in [0.25, 0.3) is 0 Å². The molecule has 0 aromatic heterocycles. The number of urea groups is 1. The highest BCUT2D eigenvalue weighted by Crippen LogP contribution is 2.36. The first-order valence-corrected chi connectivity index (χ1v) is 8.78. The zero-order chi connectivity index (χ0) is 15.5. The van der Waals surface area contributed by atoms with Crippen molar-refractivity contribution in [3.8, 4) is 0 Å². The van der Waals surface area contributed by atoms with E-state index in [1.165, 1.54) is 12.1 Å². The zero-order valence-corrected chi connectivity index (χ0v) is 13.2. The van der Waals surface area contributed by atoms with Crippen molar-refractivity contribution in [1.29, 1.82) is 0 Å². The highest BCUT2D eigenvalue weighted by Gasteiger charge is 2.25. The van der Waals surface area contributed by atoms with Gasteiger partial charge >= 0.3 is 6.03 Å². The van der Waals surface area contributed by atoms with E-state index in [-0.39, 0.29) is 30.0 Å². The lowest BCUT2D eigenvalue weighted by molar-refractivity contribution is 0.117. The maximum atomic E-state index is 13.5. The normalized spacial score (nSPS) is 27.8. The van der Waals surface area contributed by atoms with Gasteiger partial charge < -0.3 is 15.7 Å². The van der Waals surface area contributed by atoms with Gasteiger partial charge in [0.1, 0.15) is 5.82 Å². The Hall–Kier alpha value is -1.27. The lowest BCUT2D eigenvalue weighted by Gasteiger charge is -2.29. The first-order chi connectivity index (χ1) is 10.6. The Morgan fingerprint density at radius 1 is 1.18 bits per heavy atom. The number of halogens is 1. The molecule has 4 nitrogen and oxygen atoms in total. The van der Waals surface area contributed by atoms with Gasteiger partial charge in [0.15, 0.2) is 0 Å². The smallest absolute Gasteiger partial charge is 0.315 e. The number of hydrogen-bond donors (Lipinski definition) is 3. The third kappa shape index (κ3) is 3.73. The lowest BCUT2D eigenvalue weighted by atomic mass is 9.93. The van der Waals surface area contributed by atoms with Gasteiger partial charge in [-0.05, 0) is 55.9 Å². The Morgan fingerprint density at radius 2 is 1.95 bits per heavy atom. The van der Waals surface area contributed by atoms with Crippen LogP contribution in [0.3, 0.4) is 0 Å². The average molecular weight is 324 g/mol. The molecule has 2 amide bonds. The van der Waals surface area contributed by atoms with Crippen LogP contribution in [0.25, 0.3) is 0 Å². The second-order valence-electron chi connectivity index (χ2n) is 6.00. The molecule has 1 saturated carbocycles. The first kappa shape index (κ1) is 15.6. The number of thioether (sulfide) groups is 1. The summed E-state index contributed by atoms with van der Waals surface area (Å²) in [5, 5.41) is 15.4.